The van der Waals surface area contributed by atoms with Crippen LogP contribution in [0.1, 0.15) is 22.9 Å². The van der Waals surface area contributed by atoms with Gasteiger partial charge in [0.05, 0.1) is 23.5 Å². The summed E-state index contributed by atoms with van der Waals surface area (Å²) in [5, 5.41) is 5.47. The van der Waals surface area contributed by atoms with E-state index in [1.807, 2.05) is 46.5 Å². The number of benzene rings is 2. The molecule has 1 fully saturated rings. The van der Waals surface area contributed by atoms with Gasteiger partial charge < -0.3 is 14.6 Å². The topological polar surface area (TPSA) is 80.6 Å². The van der Waals surface area contributed by atoms with Crippen LogP contribution in [0.3, 0.4) is 0 Å². The molecule has 200 valence electrons. The number of carbonyl (C=O) groups excluding carboxylic acids is 3. The number of ether oxygens (including phenoxy) is 1. The summed E-state index contributed by atoms with van der Waals surface area (Å²) in [5.74, 6) is -0.420. The van der Waals surface area contributed by atoms with Crippen LogP contribution in [0.5, 0.6) is 5.75 Å². The first kappa shape index (κ1) is 26.7. The number of fused-ring (bicyclic) bond motifs is 1. The van der Waals surface area contributed by atoms with E-state index in [2.05, 4.69) is 12.2 Å². The van der Waals surface area contributed by atoms with Crippen LogP contribution in [0.15, 0.2) is 71.1 Å². The van der Waals surface area contributed by atoms with E-state index in [4.69, 9.17) is 4.74 Å². The molecule has 0 atom stereocenters. The van der Waals surface area contributed by atoms with Gasteiger partial charge in [-0.15, -0.1) is 11.3 Å². The Hall–Kier alpha value is -3.89. The normalized spacial score (nSPS) is 14.5. The third-order valence-corrected chi connectivity index (χ3v) is 8.09. The Balaban J connectivity index is 1.33. The van der Waals surface area contributed by atoms with Crippen LogP contribution in [0, 0.1) is 5.82 Å². The van der Waals surface area contributed by atoms with Crippen molar-refractivity contribution in [3.63, 3.8) is 0 Å². The number of aromatic nitrogens is 1. The number of nitrogens with zero attached hydrogens (tertiary/aromatic N) is 2. The Morgan fingerprint density at radius 1 is 1.10 bits per heavy atom. The molecular weight excluding hydrogens is 537 g/mol. The first-order valence-electron chi connectivity index (χ1n) is 12.5. The van der Waals surface area contributed by atoms with Gasteiger partial charge in [0.25, 0.3) is 11.1 Å². The van der Waals surface area contributed by atoms with Crippen molar-refractivity contribution in [2.75, 3.05) is 13.2 Å². The SMILES string of the molecule is CCc1cccc2c(/C=C3\SC(=O)N(CCOc4ccc(F)cc4)C3=O)cn(CC(=O)NCc3cccs3)c12. The van der Waals surface area contributed by atoms with E-state index in [1.54, 1.807) is 17.4 Å². The molecule has 3 amide bonds. The average molecular weight is 564 g/mol. The van der Waals surface area contributed by atoms with Gasteiger partial charge in [-0.1, -0.05) is 31.2 Å². The molecule has 2 aromatic carbocycles. The van der Waals surface area contributed by atoms with Gasteiger partial charge in [0.1, 0.15) is 24.7 Å². The predicted molar refractivity (Wildman–Crippen MR) is 152 cm³/mol. The zero-order valence-electron chi connectivity index (χ0n) is 21.2. The molecule has 0 unspecified atom stereocenters. The second-order valence-corrected chi connectivity index (χ2v) is 10.9. The molecule has 1 N–H and O–H groups in total. The molecule has 1 aliphatic heterocycles. The van der Waals surface area contributed by atoms with E-state index in [1.165, 1.54) is 24.3 Å². The molecule has 0 saturated carbocycles. The molecule has 0 aliphatic carbocycles. The Kier molecular flexibility index (Phi) is 8.13. The predicted octanol–water partition coefficient (Wildman–Crippen LogP) is 5.84. The smallest absolute Gasteiger partial charge is 0.293 e. The number of hydrogen-bond acceptors (Lipinski definition) is 6. The summed E-state index contributed by atoms with van der Waals surface area (Å²) in [7, 11) is 0. The molecule has 3 heterocycles. The van der Waals surface area contributed by atoms with E-state index in [-0.39, 0.29) is 36.7 Å². The zero-order chi connectivity index (χ0) is 27.4. The van der Waals surface area contributed by atoms with Crippen LogP contribution in [-0.4, -0.2) is 39.7 Å². The summed E-state index contributed by atoms with van der Waals surface area (Å²) in [4.78, 5) is 41.0. The van der Waals surface area contributed by atoms with E-state index >= 15 is 0 Å². The summed E-state index contributed by atoms with van der Waals surface area (Å²) < 4.78 is 20.6. The van der Waals surface area contributed by atoms with E-state index in [0.29, 0.717) is 17.2 Å². The van der Waals surface area contributed by atoms with Crippen molar-refractivity contribution in [3.8, 4) is 5.75 Å². The van der Waals surface area contributed by atoms with E-state index < -0.39 is 5.91 Å². The van der Waals surface area contributed by atoms with Crippen molar-refractivity contribution < 1.29 is 23.5 Å². The molecule has 4 aromatic rings. The number of amides is 3. The van der Waals surface area contributed by atoms with Crippen LogP contribution in [-0.2, 0) is 29.1 Å². The Morgan fingerprint density at radius 3 is 2.67 bits per heavy atom. The van der Waals surface area contributed by atoms with Crippen LogP contribution in [0.25, 0.3) is 17.0 Å². The average Bonchev–Trinajstić information content (AvgIpc) is 3.64. The Labute approximate surface area is 233 Å². The third-order valence-electron chi connectivity index (χ3n) is 6.30. The van der Waals surface area contributed by atoms with Crippen LogP contribution in [0.4, 0.5) is 9.18 Å². The fourth-order valence-corrected chi connectivity index (χ4v) is 5.92. The van der Waals surface area contributed by atoms with Crippen molar-refractivity contribution in [1.82, 2.24) is 14.8 Å². The van der Waals surface area contributed by atoms with E-state index in [0.717, 1.165) is 50.0 Å². The Morgan fingerprint density at radius 2 is 1.92 bits per heavy atom. The summed E-state index contributed by atoms with van der Waals surface area (Å²) in [6.07, 6.45) is 4.36. The minimum absolute atomic E-state index is 0.0749. The maximum atomic E-state index is 13.1. The van der Waals surface area contributed by atoms with Crippen molar-refractivity contribution in [1.29, 1.82) is 0 Å². The van der Waals surface area contributed by atoms with Gasteiger partial charge in [0, 0.05) is 22.0 Å². The largest absolute Gasteiger partial charge is 0.492 e. The Bertz CT molecular complexity index is 1540. The molecule has 10 heteroatoms. The van der Waals surface area contributed by atoms with Gasteiger partial charge in [-0.3, -0.25) is 19.3 Å². The first-order valence-corrected chi connectivity index (χ1v) is 14.2. The highest BCUT2D eigenvalue weighted by atomic mass is 32.2. The summed E-state index contributed by atoms with van der Waals surface area (Å²) in [6, 6.07) is 15.4. The highest BCUT2D eigenvalue weighted by Gasteiger charge is 2.35. The van der Waals surface area contributed by atoms with Crippen molar-refractivity contribution >= 4 is 57.1 Å². The van der Waals surface area contributed by atoms with Crippen molar-refractivity contribution in [2.45, 2.75) is 26.4 Å². The maximum Gasteiger partial charge on any atom is 0.293 e. The second-order valence-electron chi connectivity index (χ2n) is 8.87. The number of carbonyl (C=O) groups is 3. The fraction of sp³-hybridized carbons (Fsp3) is 0.207. The highest BCUT2D eigenvalue weighted by Crippen LogP contribution is 2.35. The van der Waals surface area contributed by atoms with Gasteiger partial charge in [-0.25, -0.2) is 4.39 Å². The maximum absolute atomic E-state index is 13.1. The fourth-order valence-electron chi connectivity index (χ4n) is 4.42. The second kappa shape index (κ2) is 11.9. The zero-order valence-corrected chi connectivity index (χ0v) is 22.8. The quantitative estimate of drug-likeness (QED) is 0.246. The molecule has 0 bridgehead atoms. The number of halogens is 1. The standard InChI is InChI=1S/C29H26FN3O4S2/c1-2-19-5-3-7-24-20(17-32(27(19)24)18-26(34)31-16-23-6-4-14-38-23)15-25-28(35)33(29(36)39-25)12-13-37-22-10-8-21(30)9-11-22/h3-11,14-15,17H,2,12-13,16,18H2,1H3,(H,31,34)/b25-15-. The van der Waals surface area contributed by atoms with Crippen molar-refractivity contribution in [3.05, 3.63) is 92.9 Å². The van der Waals surface area contributed by atoms with Crippen molar-refractivity contribution in [2.24, 2.45) is 0 Å². The summed E-state index contributed by atoms with van der Waals surface area (Å²) in [5.41, 5.74) is 2.79. The first-order chi connectivity index (χ1) is 18.9. The summed E-state index contributed by atoms with van der Waals surface area (Å²) in [6.45, 7) is 2.83. The molecular formula is C29H26FN3O4S2. The minimum atomic E-state index is -0.394. The number of thiophene rings is 1. The lowest BCUT2D eigenvalue weighted by Crippen LogP contribution is -2.32. The van der Waals surface area contributed by atoms with Gasteiger partial charge in [0.2, 0.25) is 5.91 Å². The van der Waals surface area contributed by atoms with Gasteiger partial charge in [-0.2, -0.15) is 0 Å². The molecule has 0 spiro atoms. The number of hydrogen-bond donors (Lipinski definition) is 1. The number of aryl methyl sites for hydroxylation is 1. The van der Waals surface area contributed by atoms with Gasteiger partial charge in [-0.05, 0) is 65.5 Å². The molecule has 7 nitrogen and oxygen atoms in total. The molecule has 39 heavy (non-hydrogen) atoms. The molecule has 0 radical (unpaired) electrons. The van der Waals surface area contributed by atoms with Crippen LogP contribution in [0.2, 0.25) is 0 Å². The molecule has 5 rings (SSSR count). The van der Waals surface area contributed by atoms with Gasteiger partial charge >= 0.3 is 0 Å². The third kappa shape index (κ3) is 6.07. The molecule has 1 aliphatic rings. The number of rotatable bonds is 10. The molecule has 2 aromatic heterocycles. The number of para-hydroxylation sites is 1. The molecule has 1 saturated heterocycles. The summed E-state index contributed by atoms with van der Waals surface area (Å²) >= 11 is 2.47. The van der Waals surface area contributed by atoms with Gasteiger partial charge in [0.15, 0.2) is 0 Å². The number of imide groups is 1. The lowest BCUT2D eigenvalue weighted by atomic mass is 10.1. The number of nitrogens with one attached hydrogen (secondary N) is 1. The monoisotopic (exact) mass is 563 g/mol. The minimum Gasteiger partial charge on any atom is -0.492 e. The highest BCUT2D eigenvalue weighted by molar-refractivity contribution is 8.18. The lowest BCUT2D eigenvalue weighted by Gasteiger charge is -2.13. The lowest BCUT2D eigenvalue weighted by molar-refractivity contribution is -0.123. The van der Waals surface area contributed by atoms with Crippen LogP contribution >= 0.6 is 23.1 Å². The number of thioether (sulfide) groups is 1. The van der Waals surface area contributed by atoms with Crippen LogP contribution < -0.4 is 10.1 Å². The van der Waals surface area contributed by atoms with E-state index in [9.17, 15) is 18.8 Å².